The van der Waals surface area contributed by atoms with Crippen molar-refractivity contribution in [2.45, 2.75) is 26.2 Å². The van der Waals surface area contributed by atoms with Gasteiger partial charge in [-0.05, 0) is 44.4 Å². The first-order valence-corrected chi connectivity index (χ1v) is 5.74. The minimum absolute atomic E-state index is 0.196. The smallest absolute Gasteiger partial charge is 0.165 e. The van der Waals surface area contributed by atoms with E-state index in [0.717, 1.165) is 30.4 Å². The molecule has 3 N–H and O–H groups in total. The standard InChI is InChI=1S/C12H18ClNO2/c1-8-10(13)7-9(5-3-4-6-14)11(15)12(8)16-2/h7,15H,3-6,14H2,1-2H3. The van der Waals surface area contributed by atoms with Crippen LogP contribution in [0.4, 0.5) is 0 Å². The quantitative estimate of drug-likeness (QED) is 0.782. The third kappa shape index (κ3) is 2.80. The van der Waals surface area contributed by atoms with Crippen LogP contribution in [0.2, 0.25) is 5.02 Å². The number of phenols is 1. The summed E-state index contributed by atoms with van der Waals surface area (Å²) < 4.78 is 5.14. The summed E-state index contributed by atoms with van der Waals surface area (Å²) in [5.74, 6) is 0.664. The monoisotopic (exact) mass is 243 g/mol. The van der Waals surface area contributed by atoms with Gasteiger partial charge in [0.05, 0.1) is 7.11 Å². The first-order valence-electron chi connectivity index (χ1n) is 5.36. The van der Waals surface area contributed by atoms with Crippen molar-refractivity contribution in [1.82, 2.24) is 0 Å². The molecule has 0 fully saturated rings. The zero-order valence-corrected chi connectivity index (χ0v) is 10.5. The Morgan fingerprint density at radius 1 is 1.44 bits per heavy atom. The van der Waals surface area contributed by atoms with Gasteiger partial charge in [0, 0.05) is 10.6 Å². The molecule has 0 aliphatic rings. The molecule has 0 amide bonds. The molecular formula is C12H18ClNO2. The minimum Gasteiger partial charge on any atom is -0.504 e. The molecule has 1 rings (SSSR count). The van der Waals surface area contributed by atoms with Crippen molar-refractivity contribution in [1.29, 1.82) is 0 Å². The van der Waals surface area contributed by atoms with Gasteiger partial charge in [-0.1, -0.05) is 11.6 Å². The second-order valence-electron chi connectivity index (χ2n) is 3.77. The Hall–Kier alpha value is -0.930. The van der Waals surface area contributed by atoms with E-state index in [1.54, 1.807) is 6.07 Å². The lowest BCUT2D eigenvalue weighted by Crippen LogP contribution is -2.00. The topological polar surface area (TPSA) is 55.5 Å². The average Bonchev–Trinajstić information content (AvgIpc) is 2.26. The first kappa shape index (κ1) is 13.1. The van der Waals surface area contributed by atoms with Gasteiger partial charge in [0.2, 0.25) is 0 Å². The SMILES string of the molecule is COc1c(C)c(Cl)cc(CCCCN)c1O. The van der Waals surface area contributed by atoms with Gasteiger partial charge >= 0.3 is 0 Å². The Bertz CT molecular complexity index is 367. The number of rotatable bonds is 5. The van der Waals surface area contributed by atoms with Crippen molar-refractivity contribution >= 4 is 11.6 Å². The van der Waals surface area contributed by atoms with Crippen LogP contribution in [0.25, 0.3) is 0 Å². The fraction of sp³-hybridized carbons (Fsp3) is 0.500. The van der Waals surface area contributed by atoms with E-state index in [2.05, 4.69) is 0 Å². The van der Waals surface area contributed by atoms with Gasteiger partial charge in [-0.2, -0.15) is 0 Å². The van der Waals surface area contributed by atoms with Crippen LogP contribution < -0.4 is 10.5 Å². The molecule has 0 saturated carbocycles. The van der Waals surface area contributed by atoms with Gasteiger partial charge < -0.3 is 15.6 Å². The van der Waals surface area contributed by atoms with Crippen LogP contribution in [-0.4, -0.2) is 18.8 Å². The first-order chi connectivity index (χ1) is 7.61. The summed E-state index contributed by atoms with van der Waals surface area (Å²) in [5.41, 5.74) is 7.02. The van der Waals surface area contributed by atoms with E-state index in [4.69, 9.17) is 22.1 Å². The summed E-state index contributed by atoms with van der Waals surface area (Å²) in [6.07, 6.45) is 2.64. The number of halogens is 1. The van der Waals surface area contributed by atoms with Gasteiger partial charge in [0.1, 0.15) is 0 Å². The molecule has 1 aromatic carbocycles. The average molecular weight is 244 g/mol. The maximum atomic E-state index is 9.98. The van der Waals surface area contributed by atoms with Crippen LogP contribution in [0.3, 0.4) is 0 Å². The number of methoxy groups -OCH3 is 1. The number of unbranched alkanes of at least 4 members (excludes halogenated alkanes) is 1. The predicted octanol–water partition coefficient (Wildman–Crippen LogP) is 2.64. The molecule has 16 heavy (non-hydrogen) atoms. The van der Waals surface area contributed by atoms with Crippen molar-refractivity contribution in [3.8, 4) is 11.5 Å². The molecule has 1 aromatic rings. The minimum atomic E-state index is 0.196. The number of hydrogen-bond donors (Lipinski definition) is 2. The summed E-state index contributed by atoms with van der Waals surface area (Å²) in [6, 6.07) is 1.80. The highest BCUT2D eigenvalue weighted by Gasteiger charge is 2.14. The second-order valence-corrected chi connectivity index (χ2v) is 4.18. The molecule has 0 aliphatic heterocycles. The van der Waals surface area contributed by atoms with Crippen LogP contribution in [-0.2, 0) is 6.42 Å². The molecule has 3 nitrogen and oxygen atoms in total. The van der Waals surface area contributed by atoms with Crippen molar-refractivity contribution in [3.05, 3.63) is 22.2 Å². The highest BCUT2D eigenvalue weighted by molar-refractivity contribution is 6.31. The van der Waals surface area contributed by atoms with E-state index in [0.29, 0.717) is 17.3 Å². The fourth-order valence-corrected chi connectivity index (χ4v) is 1.88. The van der Waals surface area contributed by atoms with Crippen molar-refractivity contribution < 1.29 is 9.84 Å². The Labute approximate surface area is 101 Å². The molecular weight excluding hydrogens is 226 g/mol. The molecule has 0 bridgehead atoms. The maximum Gasteiger partial charge on any atom is 0.165 e. The Morgan fingerprint density at radius 3 is 2.69 bits per heavy atom. The Morgan fingerprint density at radius 2 is 2.12 bits per heavy atom. The number of nitrogens with two attached hydrogens (primary N) is 1. The molecule has 0 saturated heterocycles. The molecule has 0 atom stereocenters. The summed E-state index contributed by atoms with van der Waals surface area (Å²) in [4.78, 5) is 0. The van der Waals surface area contributed by atoms with Crippen LogP contribution in [0, 0.1) is 6.92 Å². The molecule has 4 heteroatoms. The van der Waals surface area contributed by atoms with E-state index in [1.807, 2.05) is 6.92 Å². The third-order valence-electron chi connectivity index (χ3n) is 2.62. The van der Waals surface area contributed by atoms with Gasteiger partial charge in [0.25, 0.3) is 0 Å². The molecule has 0 heterocycles. The lowest BCUT2D eigenvalue weighted by Gasteiger charge is -2.13. The van der Waals surface area contributed by atoms with E-state index in [-0.39, 0.29) is 5.75 Å². The predicted molar refractivity (Wildman–Crippen MR) is 66.4 cm³/mol. The normalized spacial score (nSPS) is 10.5. The van der Waals surface area contributed by atoms with Gasteiger partial charge in [-0.3, -0.25) is 0 Å². The molecule has 0 aliphatic carbocycles. The van der Waals surface area contributed by atoms with Crippen molar-refractivity contribution in [3.63, 3.8) is 0 Å². The zero-order valence-electron chi connectivity index (χ0n) is 9.72. The van der Waals surface area contributed by atoms with E-state index >= 15 is 0 Å². The molecule has 0 spiro atoms. The number of phenolic OH excluding ortho intramolecular Hbond substituents is 1. The number of hydrogen-bond acceptors (Lipinski definition) is 3. The van der Waals surface area contributed by atoms with Crippen LogP contribution >= 0.6 is 11.6 Å². The second kappa shape index (κ2) is 5.97. The highest BCUT2D eigenvalue weighted by atomic mass is 35.5. The number of aromatic hydroxyl groups is 1. The van der Waals surface area contributed by atoms with Crippen molar-refractivity contribution in [2.24, 2.45) is 5.73 Å². The Balaban J connectivity index is 2.96. The van der Waals surface area contributed by atoms with Crippen LogP contribution in [0.15, 0.2) is 6.07 Å². The van der Waals surface area contributed by atoms with Crippen LogP contribution in [0.1, 0.15) is 24.0 Å². The van der Waals surface area contributed by atoms with Crippen LogP contribution in [0.5, 0.6) is 11.5 Å². The molecule has 0 unspecified atom stereocenters. The largest absolute Gasteiger partial charge is 0.504 e. The number of ether oxygens (including phenoxy) is 1. The number of aryl methyl sites for hydroxylation is 1. The summed E-state index contributed by atoms with van der Waals surface area (Å²) in [6.45, 7) is 2.49. The molecule has 90 valence electrons. The van der Waals surface area contributed by atoms with Crippen molar-refractivity contribution in [2.75, 3.05) is 13.7 Å². The maximum absolute atomic E-state index is 9.98. The lowest BCUT2D eigenvalue weighted by molar-refractivity contribution is 0.367. The van der Waals surface area contributed by atoms with E-state index in [9.17, 15) is 5.11 Å². The van der Waals surface area contributed by atoms with Gasteiger partial charge in [-0.25, -0.2) is 0 Å². The summed E-state index contributed by atoms with van der Waals surface area (Å²) >= 11 is 6.07. The lowest BCUT2D eigenvalue weighted by atomic mass is 10.0. The van der Waals surface area contributed by atoms with E-state index in [1.165, 1.54) is 7.11 Å². The third-order valence-corrected chi connectivity index (χ3v) is 3.02. The van der Waals surface area contributed by atoms with Gasteiger partial charge in [0.15, 0.2) is 11.5 Å². The van der Waals surface area contributed by atoms with Gasteiger partial charge in [-0.15, -0.1) is 0 Å². The molecule has 0 radical (unpaired) electrons. The number of benzene rings is 1. The summed E-state index contributed by atoms with van der Waals surface area (Å²) in [5, 5.41) is 10.6. The fourth-order valence-electron chi connectivity index (χ4n) is 1.66. The van der Waals surface area contributed by atoms with E-state index < -0.39 is 0 Å². The highest BCUT2D eigenvalue weighted by Crippen LogP contribution is 2.38. The summed E-state index contributed by atoms with van der Waals surface area (Å²) in [7, 11) is 1.53. The zero-order chi connectivity index (χ0) is 12.1. The Kier molecular flexibility index (Phi) is 4.90. The molecule has 0 aromatic heterocycles.